The van der Waals surface area contributed by atoms with Crippen LogP contribution in [0.5, 0.6) is 5.75 Å². The van der Waals surface area contributed by atoms with Gasteiger partial charge in [-0.2, -0.15) is 0 Å². The van der Waals surface area contributed by atoms with Crippen LogP contribution in [0.3, 0.4) is 0 Å². The molecule has 3 amide bonds. The van der Waals surface area contributed by atoms with E-state index in [1.54, 1.807) is 30.3 Å². The van der Waals surface area contributed by atoms with Crippen molar-refractivity contribution in [2.75, 3.05) is 0 Å². The van der Waals surface area contributed by atoms with E-state index in [1.807, 2.05) is 6.07 Å². The van der Waals surface area contributed by atoms with Crippen molar-refractivity contribution in [3.05, 3.63) is 76.6 Å². The van der Waals surface area contributed by atoms with Gasteiger partial charge in [0.15, 0.2) is 0 Å². The number of imide groups is 1. The molecule has 0 aliphatic carbocycles. The van der Waals surface area contributed by atoms with E-state index in [0.717, 1.165) is 14.5 Å². The van der Waals surface area contributed by atoms with E-state index in [2.05, 4.69) is 11.9 Å². The second-order valence-corrected chi connectivity index (χ2v) is 8.63. The summed E-state index contributed by atoms with van der Waals surface area (Å²) in [5.41, 5.74) is 0.931. The Kier molecular flexibility index (Phi) is 4.59. The van der Waals surface area contributed by atoms with Gasteiger partial charge in [-0.25, -0.2) is 4.39 Å². The van der Waals surface area contributed by atoms with Crippen LogP contribution in [-0.4, -0.2) is 28.7 Å². The number of ether oxygens (including phenoxy) is 1. The lowest BCUT2D eigenvalue weighted by molar-refractivity contribution is -0.125. The Labute approximate surface area is 180 Å². The second kappa shape index (κ2) is 7.31. The van der Waals surface area contributed by atoms with E-state index in [9.17, 15) is 18.8 Å². The predicted octanol–water partition coefficient (Wildman–Crippen LogP) is 4.01. The van der Waals surface area contributed by atoms with Crippen LogP contribution in [0.25, 0.3) is 10.1 Å². The number of benzene rings is 2. The molecule has 6 nitrogen and oxygen atoms in total. The molecule has 8 heteroatoms. The maximum absolute atomic E-state index is 14.0. The van der Waals surface area contributed by atoms with Crippen LogP contribution >= 0.6 is 11.3 Å². The molecule has 2 aliphatic heterocycles. The lowest BCUT2D eigenvalue weighted by Crippen LogP contribution is -2.51. The van der Waals surface area contributed by atoms with Crippen LogP contribution < -0.4 is 10.1 Å². The minimum Gasteiger partial charge on any atom is -0.487 e. The Hall–Kier alpha value is -3.52. The molecule has 1 atom stereocenters. The molecule has 1 aromatic heterocycles. The average Bonchev–Trinajstić information content (AvgIpc) is 3.28. The summed E-state index contributed by atoms with van der Waals surface area (Å²) in [4.78, 5) is 40.2. The highest BCUT2D eigenvalue weighted by atomic mass is 32.1. The normalized spacial score (nSPS) is 18.5. The molecule has 0 saturated carbocycles. The molecule has 5 rings (SSSR count). The van der Waals surface area contributed by atoms with Crippen molar-refractivity contribution in [1.82, 2.24) is 10.2 Å². The first-order valence-corrected chi connectivity index (χ1v) is 10.5. The molecule has 1 fully saturated rings. The molecule has 0 bridgehead atoms. The van der Waals surface area contributed by atoms with Gasteiger partial charge in [0.2, 0.25) is 5.91 Å². The van der Waals surface area contributed by atoms with Crippen LogP contribution in [0.1, 0.15) is 38.4 Å². The fourth-order valence-corrected chi connectivity index (χ4v) is 4.97. The number of halogens is 1. The first kappa shape index (κ1) is 19.4. The zero-order valence-corrected chi connectivity index (χ0v) is 17.1. The number of allylic oxidation sites excluding steroid dienone is 1. The number of thiophene rings is 1. The largest absolute Gasteiger partial charge is 0.487 e. The topological polar surface area (TPSA) is 75.7 Å². The van der Waals surface area contributed by atoms with Gasteiger partial charge in [0.1, 0.15) is 24.2 Å². The fraction of sp³-hybridized carbons (Fsp3) is 0.174. The Morgan fingerprint density at radius 3 is 2.74 bits per heavy atom. The molecular weight excluding hydrogens is 419 g/mol. The van der Waals surface area contributed by atoms with Gasteiger partial charge in [-0.05, 0) is 43.2 Å². The Morgan fingerprint density at radius 1 is 1.16 bits per heavy atom. The van der Waals surface area contributed by atoms with E-state index < -0.39 is 23.8 Å². The van der Waals surface area contributed by atoms with Crippen molar-refractivity contribution in [2.45, 2.75) is 25.5 Å². The molecule has 3 aromatic rings. The van der Waals surface area contributed by atoms with Crippen LogP contribution in [0, 0.1) is 5.82 Å². The summed E-state index contributed by atoms with van der Waals surface area (Å²) in [6, 6.07) is 10.5. The summed E-state index contributed by atoms with van der Waals surface area (Å²) in [5, 5.41) is 3.13. The van der Waals surface area contributed by atoms with Crippen molar-refractivity contribution in [1.29, 1.82) is 0 Å². The van der Waals surface area contributed by atoms with Gasteiger partial charge >= 0.3 is 0 Å². The van der Waals surface area contributed by atoms with Gasteiger partial charge in [-0.1, -0.05) is 18.7 Å². The van der Waals surface area contributed by atoms with Gasteiger partial charge in [0.25, 0.3) is 11.8 Å². The van der Waals surface area contributed by atoms with E-state index in [1.165, 1.54) is 17.4 Å². The van der Waals surface area contributed by atoms with Crippen LogP contribution in [0.15, 0.2) is 54.7 Å². The Balaban J connectivity index is 1.42. The summed E-state index contributed by atoms with van der Waals surface area (Å²) in [7, 11) is 0. The van der Waals surface area contributed by atoms with Crippen molar-refractivity contribution in [3.63, 3.8) is 0 Å². The predicted molar refractivity (Wildman–Crippen MR) is 113 cm³/mol. The summed E-state index contributed by atoms with van der Waals surface area (Å²) >= 11 is 1.40. The molecule has 0 spiro atoms. The molecule has 156 valence electrons. The van der Waals surface area contributed by atoms with Crippen molar-refractivity contribution in [3.8, 4) is 5.75 Å². The molecule has 2 aliphatic rings. The van der Waals surface area contributed by atoms with Crippen molar-refractivity contribution < 1.29 is 23.5 Å². The lowest BCUT2D eigenvalue weighted by Gasteiger charge is -2.29. The van der Waals surface area contributed by atoms with Gasteiger partial charge in [-0.15, -0.1) is 11.3 Å². The maximum Gasteiger partial charge on any atom is 0.266 e. The number of carbonyl (C=O) groups excluding carboxylic acids is 3. The maximum atomic E-state index is 14.0. The number of hydrogen-bond donors (Lipinski definition) is 1. The lowest BCUT2D eigenvalue weighted by atomic mass is 10.0. The van der Waals surface area contributed by atoms with Crippen LogP contribution in [0.4, 0.5) is 4.39 Å². The Morgan fingerprint density at radius 2 is 1.97 bits per heavy atom. The van der Waals surface area contributed by atoms with E-state index in [-0.39, 0.29) is 29.3 Å². The zero-order chi connectivity index (χ0) is 21.7. The number of hydrogen-bond acceptors (Lipinski definition) is 5. The monoisotopic (exact) mass is 436 g/mol. The third-order valence-electron chi connectivity index (χ3n) is 5.47. The number of fused-ring (bicyclic) bond motifs is 2. The number of nitrogens with zero attached hydrogens (tertiary/aromatic N) is 1. The molecule has 31 heavy (non-hydrogen) atoms. The quantitative estimate of drug-likeness (QED) is 0.627. The molecule has 2 aromatic carbocycles. The highest BCUT2D eigenvalue weighted by Crippen LogP contribution is 2.35. The molecular formula is C23H17FN2O4S. The van der Waals surface area contributed by atoms with Gasteiger partial charge in [0.05, 0.1) is 11.1 Å². The number of nitrogens with one attached hydrogen (secondary N) is 1. The molecule has 0 radical (unpaired) electrons. The summed E-state index contributed by atoms with van der Waals surface area (Å²) in [6.45, 7) is 3.85. The second-order valence-electron chi connectivity index (χ2n) is 7.46. The van der Waals surface area contributed by atoms with E-state index >= 15 is 0 Å². The smallest absolute Gasteiger partial charge is 0.266 e. The van der Waals surface area contributed by atoms with Crippen molar-refractivity contribution in [2.24, 2.45) is 0 Å². The summed E-state index contributed by atoms with van der Waals surface area (Å²) < 4.78 is 20.6. The fourth-order valence-electron chi connectivity index (χ4n) is 3.98. The average molecular weight is 436 g/mol. The first-order valence-electron chi connectivity index (χ1n) is 9.73. The van der Waals surface area contributed by atoms with Crippen LogP contribution in [0.2, 0.25) is 0 Å². The molecule has 3 heterocycles. The minimum absolute atomic E-state index is 0.125. The number of piperidine rings is 1. The number of carbonyl (C=O) groups is 3. The van der Waals surface area contributed by atoms with Gasteiger partial charge in [-0.3, -0.25) is 19.3 Å². The highest BCUT2D eigenvalue weighted by Gasteiger charge is 2.45. The molecule has 1 saturated heterocycles. The van der Waals surface area contributed by atoms with Gasteiger partial charge in [0, 0.05) is 20.7 Å². The highest BCUT2D eigenvalue weighted by molar-refractivity contribution is 7.19. The summed E-state index contributed by atoms with van der Waals surface area (Å²) in [5.74, 6) is -1.52. The van der Waals surface area contributed by atoms with E-state index in [4.69, 9.17) is 4.74 Å². The van der Waals surface area contributed by atoms with Crippen molar-refractivity contribution >= 4 is 39.1 Å². The van der Waals surface area contributed by atoms with E-state index in [0.29, 0.717) is 23.9 Å². The van der Waals surface area contributed by atoms with Crippen LogP contribution in [-0.2, 0) is 11.4 Å². The zero-order valence-electron chi connectivity index (χ0n) is 16.3. The standard InChI is InChI=1S/C23H17FN2O4S/c1-12-8-9-17(21(27)25-12)26-22(28)14-4-2-6-18(20(14)23(26)29)30-11-13-10-15-16(24)5-3-7-19(15)31-13/h2-7,10,17H,1,8-9,11H2,(H,25,27). The first-order chi connectivity index (χ1) is 14.9. The third kappa shape index (κ3) is 3.19. The number of rotatable bonds is 4. The minimum atomic E-state index is -0.878. The summed E-state index contributed by atoms with van der Waals surface area (Å²) in [6.07, 6.45) is 0.829. The van der Waals surface area contributed by atoms with Gasteiger partial charge < -0.3 is 10.1 Å². The number of amides is 3. The Bertz CT molecular complexity index is 1280. The third-order valence-corrected chi connectivity index (χ3v) is 6.54. The SMILES string of the molecule is C=C1CCC(N2C(=O)c3cccc(OCc4cc5c(F)cccc5s4)c3C2=O)C(=O)N1. The molecule has 1 N–H and O–H groups in total. The molecule has 1 unspecified atom stereocenters.